The fourth-order valence-electron chi connectivity index (χ4n) is 2.60. The molecule has 112 valence electrons. The van der Waals surface area contributed by atoms with Crippen LogP contribution in [0, 0.1) is 6.92 Å². The molecule has 2 heterocycles. The molecule has 0 fully saturated rings. The second kappa shape index (κ2) is 6.20. The Bertz CT molecular complexity index is 735. The van der Waals surface area contributed by atoms with Crippen LogP contribution < -0.4 is 5.46 Å². The molecule has 22 heavy (non-hydrogen) atoms. The minimum absolute atomic E-state index is 0.0938. The molecule has 0 saturated carbocycles. The van der Waals surface area contributed by atoms with Crippen LogP contribution in [-0.4, -0.2) is 29.5 Å². The third-order valence-electron chi connectivity index (χ3n) is 3.78. The first-order valence-corrected chi connectivity index (χ1v) is 7.50. The SMILES string of the molecule is Cc1ccc(C(=O)Cc2ccc3c(c2)B(O)OCC3)c(Cl)n1. The zero-order valence-electron chi connectivity index (χ0n) is 12.2. The Morgan fingerprint density at radius 3 is 3.00 bits per heavy atom. The first-order valence-electron chi connectivity index (χ1n) is 7.12. The number of carbonyl (C=O) groups is 1. The van der Waals surface area contributed by atoms with E-state index in [2.05, 4.69) is 4.98 Å². The van der Waals surface area contributed by atoms with Gasteiger partial charge >= 0.3 is 7.12 Å². The van der Waals surface area contributed by atoms with Gasteiger partial charge in [-0.1, -0.05) is 29.8 Å². The van der Waals surface area contributed by atoms with Crippen molar-refractivity contribution in [2.75, 3.05) is 6.61 Å². The van der Waals surface area contributed by atoms with Crippen LogP contribution in [0.1, 0.15) is 27.2 Å². The Labute approximate surface area is 134 Å². The Kier molecular flexibility index (Phi) is 4.29. The zero-order chi connectivity index (χ0) is 15.7. The predicted octanol–water partition coefficient (Wildman–Crippen LogP) is 1.73. The van der Waals surface area contributed by atoms with Gasteiger partial charge in [0.2, 0.25) is 0 Å². The van der Waals surface area contributed by atoms with E-state index in [9.17, 15) is 9.82 Å². The van der Waals surface area contributed by atoms with Crippen LogP contribution in [0.3, 0.4) is 0 Å². The Hall–Kier alpha value is -1.69. The summed E-state index contributed by atoms with van der Waals surface area (Å²) in [6, 6.07) is 9.14. The third-order valence-corrected chi connectivity index (χ3v) is 4.06. The van der Waals surface area contributed by atoms with Crippen molar-refractivity contribution in [2.45, 2.75) is 19.8 Å². The molecule has 1 aromatic carbocycles. The molecular weight excluding hydrogens is 300 g/mol. The van der Waals surface area contributed by atoms with Crippen molar-refractivity contribution >= 4 is 30.0 Å². The molecule has 0 unspecified atom stereocenters. The minimum Gasteiger partial charge on any atom is -0.423 e. The highest BCUT2D eigenvalue weighted by molar-refractivity contribution is 6.60. The lowest BCUT2D eigenvalue weighted by molar-refractivity contribution is 0.0992. The summed E-state index contributed by atoms with van der Waals surface area (Å²) in [5.41, 5.74) is 3.82. The number of aromatic nitrogens is 1. The van der Waals surface area contributed by atoms with E-state index in [1.807, 2.05) is 25.1 Å². The monoisotopic (exact) mass is 315 g/mol. The minimum atomic E-state index is -0.913. The number of nitrogens with zero attached hydrogens (tertiary/aromatic N) is 1. The van der Waals surface area contributed by atoms with Crippen LogP contribution in [0.25, 0.3) is 0 Å². The Morgan fingerprint density at radius 1 is 1.41 bits per heavy atom. The number of hydrogen-bond acceptors (Lipinski definition) is 4. The second-order valence-electron chi connectivity index (χ2n) is 5.40. The Morgan fingerprint density at radius 2 is 2.23 bits per heavy atom. The van der Waals surface area contributed by atoms with Crippen LogP contribution in [-0.2, 0) is 17.5 Å². The third kappa shape index (κ3) is 3.07. The molecule has 0 spiro atoms. The summed E-state index contributed by atoms with van der Waals surface area (Å²) in [5.74, 6) is -0.0938. The van der Waals surface area contributed by atoms with E-state index in [0.29, 0.717) is 12.2 Å². The van der Waals surface area contributed by atoms with E-state index in [-0.39, 0.29) is 17.4 Å². The number of hydrogen-bond donors (Lipinski definition) is 1. The normalized spacial score (nSPS) is 13.9. The lowest BCUT2D eigenvalue weighted by Gasteiger charge is -2.19. The number of fused-ring (bicyclic) bond motifs is 1. The standard InChI is InChI=1S/C16H15BClNO3/c1-10-2-5-13(16(18)19-10)15(20)9-11-3-4-12-6-7-22-17(21)14(12)8-11/h2-5,8,21H,6-7,9H2,1H3. The van der Waals surface area contributed by atoms with Gasteiger partial charge in [0, 0.05) is 18.7 Å². The molecule has 4 nitrogen and oxygen atoms in total. The number of Topliss-reactive ketones (excluding diaryl/α,β-unsaturated/α-hetero) is 1. The summed E-state index contributed by atoms with van der Waals surface area (Å²) in [6.45, 7) is 2.34. The maximum absolute atomic E-state index is 12.4. The highest BCUT2D eigenvalue weighted by atomic mass is 35.5. The van der Waals surface area contributed by atoms with Crippen molar-refractivity contribution < 1.29 is 14.5 Å². The molecular formula is C16H15BClNO3. The summed E-state index contributed by atoms with van der Waals surface area (Å²) in [6.07, 6.45) is 0.985. The largest absolute Gasteiger partial charge is 0.491 e. The van der Waals surface area contributed by atoms with E-state index in [4.69, 9.17) is 16.3 Å². The van der Waals surface area contributed by atoms with Crippen molar-refractivity contribution in [2.24, 2.45) is 0 Å². The van der Waals surface area contributed by atoms with E-state index in [1.165, 1.54) is 0 Å². The highest BCUT2D eigenvalue weighted by Crippen LogP contribution is 2.17. The van der Waals surface area contributed by atoms with E-state index in [1.54, 1.807) is 12.1 Å². The average molecular weight is 316 g/mol. The molecule has 1 aromatic heterocycles. The van der Waals surface area contributed by atoms with Gasteiger partial charge in [-0.05, 0) is 42.1 Å². The number of aryl methyl sites for hydroxylation is 1. The van der Waals surface area contributed by atoms with Crippen molar-refractivity contribution in [3.63, 3.8) is 0 Å². The lowest BCUT2D eigenvalue weighted by Crippen LogP contribution is -2.41. The number of rotatable bonds is 3. The second-order valence-corrected chi connectivity index (χ2v) is 5.76. The van der Waals surface area contributed by atoms with Crippen molar-refractivity contribution in [1.29, 1.82) is 0 Å². The number of carbonyl (C=O) groups excluding carboxylic acids is 1. The van der Waals surface area contributed by atoms with Gasteiger partial charge in [-0.2, -0.15) is 0 Å². The first-order chi connectivity index (χ1) is 10.5. The smallest absolute Gasteiger partial charge is 0.423 e. The molecule has 2 aromatic rings. The molecule has 0 saturated heterocycles. The number of benzene rings is 1. The first kappa shape index (κ1) is 15.2. The van der Waals surface area contributed by atoms with Crippen LogP contribution in [0.5, 0.6) is 0 Å². The molecule has 0 bridgehead atoms. The van der Waals surface area contributed by atoms with E-state index in [0.717, 1.165) is 28.7 Å². The topological polar surface area (TPSA) is 59.4 Å². The summed E-state index contributed by atoms with van der Waals surface area (Å²) in [4.78, 5) is 16.5. The molecule has 1 N–H and O–H groups in total. The maximum atomic E-state index is 12.4. The van der Waals surface area contributed by atoms with Gasteiger partial charge < -0.3 is 9.68 Å². The molecule has 0 aliphatic carbocycles. The fraction of sp³-hybridized carbons (Fsp3) is 0.250. The summed E-state index contributed by atoms with van der Waals surface area (Å²) in [5, 5.41) is 10.1. The van der Waals surface area contributed by atoms with Crippen LogP contribution >= 0.6 is 11.6 Å². The van der Waals surface area contributed by atoms with Crippen molar-refractivity contribution in [3.8, 4) is 0 Å². The number of halogens is 1. The average Bonchev–Trinajstić information content (AvgIpc) is 2.48. The van der Waals surface area contributed by atoms with Gasteiger partial charge in [-0.15, -0.1) is 0 Å². The summed E-state index contributed by atoms with van der Waals surface area (Å²) >= 11 is 6.04. The van der Waals surface area contributed by atoms with Gasteiger partial charge in [-0.25, -0.2) is 4.98 Å². The van der Waals surface area contributed by atoms with Gasteiger partial charge in [-0.3, -0.25) is 4.79 Å². The van der Waals surface area contributed by atoms with E-state index >= 15 is 0 Å². The van der Waals surface area contributed by atoms with Gasteiger partial charge in [0.05, 0.1) is 5.56 Å². The van der Waals surface area contributed by atoms with Gasteiger partial charge in [0.25, 0.3) is 0 Å². The number of ketones is 1. The molecule has 6 heteroatoms. The summed E-state index contributed by atoms with van der Waals surface area (Å²) in [7, 11) is -0.913. The number of pyridine rings is 1. The highest BCUT2D eigenvalue weighted by Gasteiger charge is 2.25. The van der Waals surface area contributed by atoms with Gasteiger partial charge in [0.15, 0.2) is 5.78 Å². The fourth-order valence-corrected chi connectivity index (χ4v) is 2.90. The van der Waals surface area contributed by atoms with Gasteiger partial charge in [0.1, 0.15) is 5.15 Å². The molecule has 1 aliphatic heterocycles. The molecule has 0 radical (unpaired) electrons. The van der Waals surface area contributed by atoms with Crippen molar-refractivity contribution in [3.05, 3.63) is 57.9 Å². The quantitative estimate of drug-likeness (QED) is 0.532. The van der Waals surface area contributed by atoms with Crippen LogP contribution in [0.2, 0.25) is 5.15 Å². The molecule has 3 rings (SSSR count). The zero-order valence-corrected chi connectivity index (χ0v) is 12.9. The van der Waals surface area contributed by atoms with Crippen LogP contribution in [0.15, 0.2) is 30.3 Å². The maximum Gasteiger partial charge on any atom is 0.491 e. The lowest BCUT2D eigenvalue weighted by atomic mass is 9.73. The summed E-state index contributed by atoms with van der Waals surface area (Å²) < 4.78 is 5.22. The Balaban J connectivity index is 1.84. The van der Waals surface area contributed by atoms with Crippen molar-refractivity contribution in [1.82, 2.24) is 4.98 Å². The predicted molar refractivity (Wildman–Crippen MR) is 85.7 cm³/mol. The molecule has 0 atom stereocenters. The molecule has 0 amide bonds. The molecule has 1 aliphatic rings. The van der Waals surface area contributed by atoms with E-state index < -0.39 is 7.12 Å². The van der Waals surface area contributed by atoms with Crippen LogP contribution in [0.4, 0.5) is 0 Å².